The molecule has 6 nitrogen and oxygen atoms in total. The quantitative estimate of drug-likeness (QED) is 0.843. The van der Waals surface area contributed by atoms with Crippen LogP contribution in [-0.2, 0) is 4.84 Å². The second kappa shape index (κ2) is 6.47. The van der Waals surface area contributed by atoms with Gasteiger partial charge in [0.15, 0.2) is 11.5 Å². The van der Waals surface area contributed by atoms with Crippen molar-refractivity contribution in [1.82, 2.24) is 5.06 Å². The van der Waals surface area contributed by atoms with E-state index in [0.717, 1.165) is 12.8 Å². The molecule has 1 fully saturated rings. The maximum atomic E-state index is 12.5. The molecule has 0 aromatic heterocycles. The normalized spacial score (nSPS) is 14.8. The molecule has 0 radical (unpaired) electrons. The van der Waals surface area contributed by atoms with Gasteiger partial charge in [-0.15, -0.1) is 0 Å². The molecule has 1 heterocycles. The van der Waals surface area contributed by atoms with Gasteiger partial charge in [-0.1, -0.05) is 0 Å². The minimum absolute atomic E-state index is 0.234. The molecule has 0 spiro atoms. The van der Waals surface area contributed by atoms with Gasteiger partial charge in [-0.2, -0.15) is 0 Å². The van der Waals surface area contributed by atoms with Crippen LogP contribution in [-0.4, -0.2) is 45.5 Å². The molecule has 6 heteroatoms. The van der Waals surface area contributed by atoms with Crippen molar-refractivity contribution in [2.24, 2.45) is 0 Å². The zero-order valence-electron chi connectivity index (χ0n) is 12.0. The second-order valence-electron chi connectivity index (χ2n) is 4.33. The van der Waals surface area contributed by atoms with E-state index in [-0.39, 0.29) is 5.91 Å². The number of methoxy groups -OCH3 is 3. The van der Waals surface area contributed by atoms with Crippen molar-refractivity contribution in [2.75, 3.05) is 34.5 Å². The first kappa shape index (κ1) is 14.5. The van der Waals surface area contributed by atoms with Crippen LogP contribution in [0.4, 0.5) is 0 Å². The minimum Gasteiger partial charge on any atom is -0.493 e. The molecule has 2 rings (SSSR count). The van der Waals surface area contributed by atoms with Crippen LogP contribution in [0.25, 0.3) is 0 Å². The second-order valence-corrected chi connectivity index (χ2v) is 4.33. The summed E-state index contributed by atoms with van der Waals surface area (Å²) in [5.41, 5.74) is 0.395. The highest BCUT2D eigenvalue weighted by molar-refractivity contribution is 5.97. The number of ether oxygens (including phenoxy) is 3. The monoisotopic (exact) mass is 281 g/mol. The van der Waals surface area contributed by atoms with Crippen molar-refractivity contribution >= 4 is 5.91 Å². The third-order valence-corrected chi connectivity index (χ3v) is 3.16. The topological polar surface area (TPSA) is 57.2 Å². The summed E-state index contributed by atoms with van der Waals surface area (Å²) in [7, 11) is 4.53. The minimum atomic E-state index is -0.234. The molecule has 0 unspecified atom stereocenters. The van der Waals surface area contributed by atoms with Gasteiger partial charge in [-0.25, -0.2) is 5.06 Å². The number of hydrogen-bond acceptors (Lipinski definition) is 5. The van der Waals surface area contributed by atoms with Crippen LogP contribution < -0.4 is 14.2 Å². The Labute approximate surface area is 118 Å². The number of amides is 1. The van der Waals surface area contributed by atoms with E-state index >= 15 is 0 Å². The number of carbonyl (C=O) groups is 1. The van der Waals surface area contributed by atoms with Gasteiger partial charge in [0.2, 0.25) is 5.75 Å². The first-order valence-electron chi connectivity index (χ1n) is 6.46. The molecule has 1 aliphatic rings. The van der Waals surface area contributed by atoms with Gasteiger partial charge in [0, 0.05) is 6.54 Å². The lowest BCUT2D eigenvalue weighted by atomic mass is 10.1. The zero-order chi connectivity index (χ0) is 14.5. The molecule has 1 amide bonds. The molecule has 0 saturated carbocycles. The number of carbonyl (C=O) groups excluding carboxylic acids is 1. The number of nitrogens with zero attached hydrogens (tertiary/aromatic N) is 1. The van der Waals surface area contributed by atoms with E-state index in [0.29, 0.717) is 36.0 Å². The smallest absolute Gasteiger partial charge is 0.281 e. The van der Waals surface area contributed by atoms with Crippen molar-refractivity contribution in [3.63, 3.8) is 0 Å². The Morgan fingerprint density at radius 1 is 1.10 bits per heavy atom. The highest BCUT2D eigenvalue weighted by atomic mass is 16.7. The van der Waals surface area contributed by atoms with Gasteiger partial charge < -0.3 is 14.2 Å². The van der Waals surface area contributed by atoms with Crippen LogP contribution in [0.15, 0.2) is 12.1 Å². The van der Waals surface area contributed by atoms with Gasteiger partial charge in [-0.05, 0) is 25.0 Å². The molecular weight excluding hydrogens is 262 g/mol. The Kier molecular flexibility index (Phi) is 4.68. The molecule has 0 N–H and O–H groups in total. The van der Waals surface area contributed by atoms with Gasteiger partial charge in [0.05, 0.1) is 33.5 Å². The summed E-state index contributed by atoms with van der Waals surface area (Å²) >= 11 is 0. The average molecular weight is 281 g/mol. The number of hydrogen-bond donors (Lipinski definition) is 0. The Hall–Kier alpha value is -1.95. The molecule has 20 heavy (non-hydrogen) atoms. The summed E-state index contributed by atoms with van der Waals surface area (Å²) < 4.78 is 15.8. The summed E-state index contributed by atoms with van der Waals surface area (Å²) in [6, 6.07) is 3.33. The maximum Gasteiger partial charge on any atom is 0.281 e. The van der Waals surface area contributed by atoms with Crippen molar-refractivity contribution in [1.29, 1.82) is 0 Å². The Balaban J connectivity index is 2.37. The SMILES string of the molecule is COc1ccc(C(=O)N2CCCCO2)c(OC)c1OC. The van der Waals surface area contributed by atoms with Crippen LogP contribution in [0, 0.1) is 0 Å². The Morgan fingerprint density at radius 3 is 2.40 bits per heavy atom. The summed E-state index contributed by atoms with van der Waals surface area (Å²) in [6.45, 7) is 1.14. The lowest BCUT2D eigenvalue weighted by molar-refractivity contribution is -0.144. The number of rotatable bonds is 4. The van der Waals surface area contributed by atoms with E-state index in [1.54, 1.807) is 12.1 Å². The average Bonchev–Trinajstić information content (AvgIpc) is 2.53. The zero-order valence-corrected chi connectivity index (χ0v) is 12.0. The fourth-order valence-electron chi connectivity index (χ4n) is 2.16. The number of hydroxylamine groups is 2. The van der Waals surface area contributed by atoms with Crippen LogP contribution in [0.5, 0.6) is 17.2 Å². The summed E-state index contributed by atoms with van der Waals surface area (Å²) in [6.07, 6.45) is 1.90. The number of benzene rings is 1. The largest absolute Gasteiger partial charge is 0.493 e. The van der Waals surface area contributed by atoms with E-state index in [1.165, 1.54) is 26.4 Å². The summed E-state index contributed by atoms with van der Waals surface area (Å²) in [5.74, 6) is 1.03. The predicted octanol–water partition coefficient (Wildman–Crippen LogP) is 1.88. The van der Waals surface area contributed by atoms with E-state index in [1.807, 2.05) is 0 Å². The lowest BCUT2D eigenvalue weighted by Gasteiger charge is -2.26. The van der Waals surface area contributed by atoms with E-state index in [9.17, 15) is 4.79 Å². The fourth-order valence-corrected chi connectivity index (χ4v) is 2.16. The van der Waals surface area contributed by atoms with Gasteiger partial charge in [-0.3, -0.25) is 9.63 Å². The van der Waals surface area contributed by atoms with E-state index in [4.69, 9.17) is 19.0 Å². The predicted molar refractivity (Wildman–Crippen MR) is 72.3 cm³/mol. The summed E-state index contributed by atoms with van der Waals surface area (Å²) in [4.78, 5) is 17.9. The highest BCUT2D eigenvalue weighted by Gasteiger charge is 2.26. The standard InChI is InChI=1S/C14H19NO5/c1-17-11-7-6-10(12(18-2)13(11)19-3)14(16)15-8-4-5-9-20-15/h6-7H,4-5,8-9H2,1-3H3. The lowest BCUT2D eigenvalue weighted by Crippen LogP contribution is -2.35. The molecule has 1 aromatic rings. The van der Waals surface area contributed by atoms with E-state index in [2.05, 4.69) is 0 Å². The summed E-state index contributed by atoms with van der Waals surface area (Å²) in [5, 5.41) is 1.37. The highest BCUT2D eigenvalue weighted by Crippen LogP contribution is 2.40. The first-order chi connectivity index (χ1) is 9.72. The van der Waals surface area contributed by atoms with Crippen molar-refractivity contribution in [3.05, 3.63) is 17.7 Å². The fraction of sp³-hybridized carbons (Fsp3) is 0.500. The first-order valence-corrected chi connectivity index (χ1v) is 6.46. The van der Waals surface area contributed by atoms with Gasteiger partial charge in [0.1, 0.15) is 0 Å². The molecule has 1 saturated heterocycles. The van der Waals surface area contributed by atoms with Crippen molar-refractivity contribution in [2.45, 2.75) is 12.8 Å². The third kappa shape index (κ3) is 2.65. The Bertz CT molecular complexity index is 483. The third-order valence-electron chi connectivity index (χ3n) is 3.16. The van der Waals surface area contributed by atoms with Crippen LogP contribution in [0.1, 0.15) is 23.2 Å². The molecular formula is C14H19NO5. The van der Waals surface area contributed by atoms with Gasteiger partial charge in [0.25, 0.3) is 5.91 Å². The van der Waals surface area contributed by atoms with E-state index < -0.39 is 0 Å². The van der Waals surface area contributed by atoms with Crippen LogP contribution >= 0.6 is 0 Å². The molecule has 0 atom stereocenters. The van der Waals surface area contributed by atoms with Crippen molar-refractivity contribution < 1.29 is 23.8 Å². The Morgan fingerprint density at radius 2 is 1.85 bits per heavy atom. The van der Waals surface area contributed by atoms with Crippen molar-refractivity contribution in [3.8, 4) is 17.2 Å². The molecule has 1 aliphatic heterocycles. The van der Waals surface area contributed by atoms with Gasteiger partial charge >= 0.3 is 0 Å². The maximum absolute atomic E-state index is 12.5. The molecule has 0 aliphatic carbocycles. The molecule has 1 aromatic carbocycles. The molecule has 110 valence electrons. The van der Waals surface area contributed by atoms with Crippen LogP contribution in [0.2, 0.25) is 0 Å². The van der Waals surface area contributed by atoms with Crippen LogP contribution in [0.3, 0.4) is 0 Å². The molecule has 0 bridgehead atoms.